The van der Waals surface area contributed by atoms with Gasteiger partial charge in [0.25, 0.3) is 10.0 Å². The van der Waals surface area contributed by atoms with Gasteiger partial charge in [-0.2, -0.15) is 17.9 Å². The number of hydrazone groups is 1. The van der Waals surface area contributed by atoms with E-state index in [0.29, 0.717) is 17.4 Å². The van der Waals surface area contributed by atoms with Crippen molar-refractivity contribution in [3.8, 4) is 0 Å². The molecule has 4 nitrogen and oxygen atoms in total. The summed E-state index contributed by atoms with van der Waals surface area (Å²) in [6.07, 6.45) is 2.49. The Balaban J connectivity index is 1.76. The van der Waals surface area contributed by atoms with Crippen LogP contribution < -0.4 is 0 Å². The van der Waals surface area contributed by atoms with Crippen LogP contribution in [0.3, 0.4) is 0 Å². The lowest BCUT2D eigenvalue weighted by Gasteiger charge is -2.18. The molecule has 1 aliphatic rings. The summed E-state index contributed by atoms with van der Waals surface area (Å²) in [6, 6.07) is 19.2. The minimum absolute atomic E-state index is 0.117. The molecule has 0 aliphatic carbocycles. The molecule has 0 N–H and O–H groups in total. The summed E-state index contributed by atoms with van der Waals surface area (Å²) in [6.45, 7) is 2.18. The number of fused-ring (bicyclic) bond motifs is 1. The number of unbranched alkanes of at least 4 members (excludes halogenated alkanes) is 1. The van der Waals surface area contributed by atoms with Crippen LogP contribution >= 0.6 is 0 Å². The van der Waals surface area contributed by atoms with Gasteiger partial charge in [0, 0.05) is 17.0 Å². The molecular weight excluding hydrogens is 387 g/mol. The summed E-state index contributed by atoms with van der Waals surface area (Å²) in [4.78, 5) is 0.225. The molecule has 3 aromatic rings. The highest BCUT2D eigenvalue weighted by molar-refractivity contribution is 7.89. The van der Waals surface area contributed by atoms with Crippen molar-refractivity contribution in [1.29, 1.82) is 0 Å². The third-order valence-corrected chi connectivity index (χ3v) is 7.05. The van der Waals surface area contributed by atoms with Crippen molar-refractivity contribution < 1.29 is 12.8 Å². The summed E-state index contributed by atoms with van der Waals surface area (Å²) in [5, 5.41) is 5.99. The smallest absolute Gasteiger partial charge is 0.207 e. The second kappa shape index (κ2) is 7.95. The van der Waals surface area contributed by atoms with Crippen LogP contribution in [0.15, 0.2) is 76.7 Å². The lowest BCUT2D eigenvalue weighted by atomic mass is 9.92. The van der Waals surface area contributed by atoms with Crippen LogP contribution in [0.4, 0.5) is 4.39 Å². The van der Waals surface area contributed by atoms with Gasteiger partial charge < -0.3 is 0 Å². The topological polar surface area (TPSA) is 49.7 Å². The van der Waals surface area contributed by atoms with Crippen LogP contribution in [0.1, 0.15) is 37.7 Å². The van der Waals surface area contributed by atoms with Crippen molar-refractivity contribution in [1.82, 2.24) is 4.41 Å². The van der Waals surface area contributed by atoms with Gasteiger partial charge in [-0.15, -0.1) is 0 Å². The molecule has 6 heteroatoms. The number of hydrogen-bond donors (Lipinski definition) is 0. The molecule has 0 radical (unpaired) electrons. The van der Waals surface area contributed by atoms with Crippen molar-refractivity contribution in [3.05, 3.63) is 78.1 Å². The zero-order valence-electron chi connectivity index (χ0n) is 16.3. The summed E-state index contributed by atoms with van der Waals surface area (Å²) >= 11 is 0. The Kier molecular flexibility index (Phi) is 5.37. The van der Waals surface area contributed by atoms with Gasteiger partial charge in [0.05, 0.1) is 11.4 Å². The first-order valence-corrected chi connectivity index (χ1v) is 11.3. The summed E-state index contributed by atoms with van der Waals surface area (Å²) < 4.78 is 42.5. The molecule has 1 aliphatic heterocycles. The van der Waals surface area contributed by atoms with E-state index in [4.69, 9.17) is 0 Å². The lowest BCUT2D eigenvalue weighted by Crippen LogP contribution is -2.26. The second-order valence-electron chi connectivity index (χ2n) is 7.26. The van der Waals surface area contributed by atoms with Gasteiger partial charge in [0.2, 0.25) is 0 Å². The van der Waals surface area contributed by atoms with Crippen molar-refractivity contribution in [2.24, 2.45) is 5.10 Å². The Bertz CT molecular complexity index is 1170. The van der Waals surface area contributed by atoms with Gasteiger partial charge in [-0.05, 0) is 35.9 Å². The third kappa shape index (κ3) is 3.65. The molecule has 0 bridgehead atoms. The highest BCUT2D eigenvalue weighted by Crippen LogP contribution is 2.34. The van der Waals surface area contributed by atoms with Crippen LogP contribution in [-0.2, 0) is 10.0 Å². The van der Waals surface area contributed by atoms with Crippen LogP contribution in [0, 0.1) is 5.82 Å². The van der Waals surface area contributed by atoms with E-state index in [9.17, 15) is 12.8 Å². The molecule has 1 heterocycles. The van der Waals surface area contributed by atoms with E-state index in [1.54, 1.807) is 36.4 Å². The van der Waals surface area contributed by atoms with E-state index >= 15 is 0 Å². The molecular formula is C23H23FN2O2S. The predicted octanol–water partition coefficient (Wildman–Crippen LogP) is 5.31. The van der Waals surface area contributed by atoms with E-state index in [-0.39, 0.29) is 23.2 Å². The number of sulfonamides is 1. The molecule has 0 saturated heterocycles. The van der Waals surface area contributed by atoms with E-state index in [2.05, 4.69) is 12.0 Å². The molecule has 0 spiro atoms. The zero-order valence-corrected chi connectivity index (χ0v) is 17.1. The maximum Gasteiger partial charge on any atom is 0.279 e. The fraction of sp³-hybridized carbons (Fsp3) is 0.261. The van der Waals surface area contributed by atoms with Crippen LogP contribution in [0.5, 0.6) is 0 Å². The van der Waals surface area contributed by atoms with Crippen LogP contribution in [-0.4, -0.2) is 25.1 Å². The van der Waals surface area contributed by atoms with Gasteiger partial charge in [-0.3, -0.25) is 0 Å². The highest BCUT2D eigenvalue weighted by atomic mass is 32.2. The minimum Gasteiger partial charge on any atom is -0.207 e. The fourth-order valence-corrected chi connectivity index (χ4v) is 5.32. The second-order valence-corrected chi connectivity index (χ2v) is 9.07. The number of nitrogens with zero attached hydrogens (tertiary/aromatic N) is 2. The van der Waals surface area contributed by atoms with Crippen molar-refractivity contribution in [2.45, 2.75) is 37.0 Å². The Morgan fingerprint density at radius 2 is 1.76 bits per heavy atom. The lowest BCUT2D eigenvalue weighted by molar-refractivity contribution is 0.449. The summed E-state index contributed by atoms with van der Waals surface area (Å²) in [5.74, 6) is -0.696. The molecule has 1 atom stereocenters. The first kappa shape index (κ1) is 19.6. The third-order valence-electron chi connectivity index (χ3n) is 5.35. The summed E-state index contributed by atoms with van der Waals surface area (Å²) in [5.41, 5.74) is 1.22. The normalized spacial score (nSPS) is 17.0. The van der Waals surface area contributed by atoms with E-state index in [1.165, 1.54) is 6.07 Å². The Morgan fingerprint density at radius 1 is 1.03 bits per heavy atom. The van der Waals surface area contributed by atoms with Gasteiger partial charge in [0.1, 0.15) is 5.82 Å². The van der Waals surface area contributed by atoms with Gasteiger partial charge in [-0.25, -0.2) is 4.39 Å². The quantitative estimate of drug-likeness (QED) is 0.553. The molecule has 3 aromatic carbocycles. The number of benzene rings is 3. The predicted molar refractivity (Wildman–Crippen MR) is 114 cm³/mol. The van der Waals surface area contributed by atoms with E-state index < -0.39 is 10.0 Å². The van der Waals surface area contributed by atoms with Crippen molar-refractivity contribution in [2.75, 3.05) is 6.54 Å². The average molecular weight is 411 g/mol. The SMILES string of the molecule is CCCCC1=NN(S(=O)(=O)c2cccc3ccccc23)CC1c1ccccc1F. The summed E-state index contributed by atoms with van der Waals surface area (Å²) in [7, 11) is -3.85. The minimum atomic E-state index is -3.85. The number of rotatable bonds is 6. The maximum atomic E-state index is 14.5. The van der Waals surface area contributed by atoms with Gasteiger partial charge in [0.15, 0.2) is 0 Å². The molecule has 0 fully saturated rings. The molecule has 1 unspecified atom stereocenters. The van der Waals surface area contributed by atoms with Gasteiger partial charge in [-0.1, -0.05) is 67.9 Å². The van der Waals surface area contributed by atoms with Crippen LogP contribution in [0.2, 0.25) is 0 Å². The highest BCUT2D eigenvalue weighted by Gasteiger charge is 2.36. The zero-order chi connectivity index (χ0) is 20.4. The van der Waals surface area contributed by atoms with Crippen LogP contribution in [0.25, 0.3) is 10.8 Å². The number of hydrogen-bond acceptors (Lipinski definition) is 3. The fourth-order valence-electron chi connectivity index (χ4n) is 3.82. The Labute approximate surface area is 170 Å². The molecule has 0 aromatic heterocycles. The first-order valence-electron chi connectivity index (χ1n) is 9.84. The van der Waals surface area contributed by atoms with Crippen molar-refractivity contribution in [3.63, 3.8) is 0 Å². The van der Waals surface area contributed by atoms with E-state index in [1.807, 2.05) is 24.3 Å². The largest absolute Gasteiger partial charge is 0.279 e. The van der Waals surface area contributed by atoms with Gasteiger partial charge >= 0.3 is 0 Å². The molecule has 29 heavy (non-hydrogen) atoms. The molecule has 0 saturated carbocycles. The standard InChI is InChI=1S/C23H23FN2O2S/c1-2-3-14-22-20(19-12-6-7-13-21(19)24)16-26(25-22)29(27,28)23-15-8-10-17-9-4-5-11-18(17)23/h4-13,15,20H,2-3,14,16H2,1H3. The average Bonchev–Trinajstić information content (AvgIpc) is 3.17. The Hall–Kier alpha value is -2.73. The Morgan fingerprint density at radius 3 is 2.55 bits per heavy atom. The maximum absolute atomic E-state index is 14.5. The molecule has 4 rings (SSSR count). The first-order chi connectivity index (χ1) is 14.0. The molecule has 150 valence electrons. The van der Waals surface area contributed by atoms with Crippen molar-refractivity contribution >= 4 is 26.5 Å². The monoisotopic (exact) mass is 410 g/mol. The number of halogens is 1. The van der Waals surface area contributed by atoms with E-state index in [0.717, 1.165) is 28.4 Å². The molecule has 0 amide bonds.